The van der Waals surface area contributed by atoms with Crippen LogP contribution in [0.15, 0.2) is 35.3 Å². The highest BCUT2D eigenvalue weighted by Crippen LogP contribution is 2.43. The molecule has 0 saturated heterocycles. The third-order valence-electron chi connectivity index (χ3n) is 4.47. The third kappa shape index (κ3) is 3.40. The number of nitrogen functional groups attached to an aromatic ring is 1. The number of nitrogens with two attached hydrogens (primary N) is 1. The summed E-state index contributed by atoms with van der Waals surface area (Å²) in [6, 6.07) is 6.86. The Hall–Kier alpha value is -2.70. The summed E-state index contributed by atoms with van der Waals surface area (Å²) in [5, 5.41) is 2.61. The highest BCUT2D eigenvalue weighted by molar-refractivity contribution is 5.96. The van der Waals surface area contributed by atoms with Crippen LogP contribution in [0.5, 0.6) is 0 Å². The molecule has 5 nitrogen and oxygen atoms in total. The van der Waals surface area contributed by atoms with Gasteiger partial charge in [0.15, 0.2) is 0 Å². The maximum atomic E-state index is 12.9. The van der Waals surface area contributed by atoms with E-state index in [1.165, 1.54) is 4.57 Å². The number of benzene rings is 1. The number of anilines is 2. The molecule has 3 N–H and O–H groups in total. The van der Waals surface area contributed by atoms with Gasteiger partial charge in [-0.15, -0.1) is 0 Å². The molecule has 1 aliphatic rings. The molecule has 132 valence electrons. The van der Waals surface area contributed by atoms with Gasteiger partial charge in [0.05, 0.1) is 11.4 Å². The fraction of sp³-hybridized carbons (Fsp3) is 0.333. The number of pyridine rings is 1. The molecule has 1 aromatic carbocycles. The van der Waals surface area contributed by atoms with Gasteiger partial charge in [0, 0.05) is 37.6 Å². The van der Waals surface area contributed by atoms with Crippen molar-refractivity contribution < 1.29 is 13.6 Å². The molecule has 0 spiro atoms. The number of nitrogens with one attached hydrogen (secondary N) is 1. The quantitative estimate of drug-likeness (QED) is 0.838. The Kier molecular flexibility index (Phi) is 4.10. The number of nitrogens with zero attached hydrogens (tertiary/aromatic N) is 1. The highest BCUT2D eigenvalue weighted by Gasteiger charge is 2.48. The van der Waals surface area contributed by atoms with E-state index in [1.54, 1.807) is 44.4 Å². The van der Waals surface area contributed by atoms with Crippen LogP contribution in [-0.4, -0.2) is 16.4 Å². The zero-order valence-electron chi connectivity index (χ0n) is 14.0. The molecular formula is C18H19F2N3O2. The maximum Gasteiger partial charge on any atom is 0.253 e. The van der Waals surface area contributed by atoms with E-state index in [9.17, 15) is 18.4 Å². The lowest BCUT2D eigenvalue weighted by Gasteiger charge is -2.33. The predicted octanol–water partition coefficient (Wildman–Crippen LogP) is 2.93. The molecule has 2 aromatic rings. The molecule has 1 aliphatic carbocycles. The van der Waals surface area contributed by atoms with E-state index >= 15 is 0 Å². The van der Waals surface area contributed by atoms with Crippen molar-refractivity contribution in [3.63, 3.8) is 0 Å². The lowest BCUT2D eigenvalue weighted by atomic mass is 9.80. The van der Waals surface area contributed by atoms with E-state index in [1.807, 2.05) is 0 Å². The Morgan fingerprint density at radius 2 is 1.96 bits per heavy atom. The molecule has 25 heavy (non-hydrogen) atoms. The molecule has 0 unspecified atom stereocenters. The van der Waals surface area contributed by atoms with Crippen molar-refractivity contribution in [1.29, 1.82) is 0 Å². The first-order valence-electron chi connectivity index (χ1n) is 7.92. The van der Waals surface area contributed by atoms with Crippen molar-refractivity contribution in [1.82, 2.24) is 4.57 Å². The number of hydrogen-bond donors (Lipinski definition) is 2. The Morgan fingerprint density at radius 1 is 1.28 bits per heavy atom. The van der Waals surface area contributed by atoms with E-state index in [-0.39, 0.29) is 5.56 Å². The van der Waals surface area contributed by atoms with Gasteiger partial charge in [-0.05, 0) is 36.2 Å². The summed E-state index contributed by atoms with van der Waals surface area (Å²) in [7, 11) is 1.67. The van der Waals surface area contributed by atoms with Gasteiger partial charge in [-0.3, -0.25) is 9.59 Å². The standard InChI is InChI=1S/C18H19F2N3O2/c1-10-5-12(9-23(2)17(10)25)11-3-4-15(14(21)6-11)22-16(24)13-7-18(19,20)8-13/h3-6,9,13H,7-8,21H2,1-2H3,(H,22,24). The zero-order valence-corrected chi connectivity index (χ0v) is 14.0. The summed E-state index contributed by atoms with van der Waals surface area (Å²) in [5.41, 5.74) is 8.88. The molecule has 0 radical (unpaired) electrons. The van der Waals surface area contributed by atoms with Crippen molar-refractivity contribution in [2.45, 2.75) is 25.7 Å². The first-order valence-corrected chi connectivity index (χ1v) is 7.92. The minimum absolute atomic E-state index is 0.0714. The van der Waals surface area contributed by atoms with Gasteiger partial charge < -0.3 is 15.6 Å². The van der Waals surface area contributed by atoms with Crippen LogP contribution in [0, 0.1) is 12.8 Å². The van der Waals surface area contributed by atoms with E-state index in [2.05, 4.69) is 5.32 Å². The number of alkyl halides is 2. The van der Waals surface area contributed by atoms with Crippen LogP contribution in [0.3, 0.4) is 0 Å². The van der Waals surface area contributed by atoms with Gasteiger partial charge in [-0.2, -0.15) is 0 Å². The van der Waals surface area contributed by atoms with Crippen molar-refractivity contribution in [2.75, 3.05) is 11.1 Å². The van der Waals surface area contributed by atoms with E-state index < -0.39 is 30.6 Å². The monoisotopic (exact) mass is 347 g/mol. The van der Waals surface area contributed by atoms with Crippen LogP contribution >= 0.6 is 0 Å². The second-order valence-corrected chi connectivity index (χ2v) is 6.58. The van der Waals surface area contributed by atoms with E-state index in [4.69, 9.17) is 5.73 Å². The number of aryl methyl sites for hydroxylation is 2. The first-order chi connectivity index (χ1) is 11.7. The molecule has 3 rings (SSSR count). The average molecular weight is 347 g/mol. The Labute approximate surface area is 143 Å². The zero-order chi connectivity index (χ0) is 18.4. The number of aromatic nitrogens is 1. The summed E-state index contributed by atoms with van der Waals surface area (Å²) < 4.78 is 27.2. The van der Waals surface area contributed by atoms with Gasteiger partial charge in [0.25, 0.3) is 5.56 Å². The van der Waals surface area contributed by atoms with Crippen molar-refractivity contribution in [3.8, 4) is 11.1 Å². The van der Waals surface area contributed by atoms with Crippen molar-refractivity contribution in [3.05, 3.63) is 46.4 Å². The van der Waals surface area contributed by atoms with E-state index in [0.717, 1.165) is 11.1 Å². The summed E-state index contributed by atoms with van der Waals surface area (Å²) in [4.78, 5) is 23.8. The van der Waals surface area contributed by atoms with Crippen LogP contribution in [0.1, 0.15) is 18.4 Å². The lowest BCUT2D eigenvalue weighted by molar-refractivity contribution is -0.145. The summed E-state index contributed by atoms with van der Waals surface area (Å²) in [6.07, 6.45) is 0.862. The Morgan fingerprint density at radius 3 is 2.52 bits per heavy atom. The number of rotatable bonds is 3. The van der Waals surface area contributed by atoms with Crippen LogP contribution in [0.4, 0.5) is 20.2 Å². The molecule has 1 heterocycles. The second kappa shape index (κ2) is 5.98. The number of amides is 1. The van der Waals surface area contributed by atoms with Gasteiger partial charge in [0.1, 0.15) is 0 Å². The Bertz CT molecular complexity index is 871. The minimum atomic E-state index is -2.74. The maximum absolute atomic E-state index is 12.9. The fourth-order valence-corrected chi connectivity index (χ4v) is 2.97. The summed E-state index contributed by atoms with van der Waals surface area (Å²) in [6.45, 7) is 1.73. The van der Waals surface area contributed by atoms with Crippen LogP contribution in [0.2, 0.25) is 0 Å². The lowest BCUT2D eigenvalue weighted by Crippen LogP contribution is -2.42. The molecule has 1 amide bonds. The first kappa shape index (κ1) is 17.1. The van der Waals surface area contributed by atoms with Crippen LogP contribution in [0.25, 0.3) is 11.1 Å². The number of hydrogen-bond acceptors (Lipinski definition) is 3. The number of halogens is 2. The third-order valence-corrected chi connectivity index (χ3v) is 4.47. The molecule has 1 aromatic heterocycles. The number of carbonyl (C=O) groups excluding carboxylic acids is 1. The van der Waals surface area contributed by atoms with Gasteiger partial charge in [-0.25, -0.2) is 8.78 Å². The predicted molar refractivity (Wildman–Crippen MR) is 92.6 cm³/mol. The molecule has 1 saturated carbocycles. The largest absolute Gasteiger partial charge is 0.397 e. The minimum Gasteiger partial charge on any atom is -0.397 e. The molecule has 0 atom stereocenters. The van der Waals surface area contributed by atoms with Crippen LogP contribution < -0.4 is 16.6 Å². The topological polar surface area (TPSA) is 77.1 Å². The summed E-state index contributed by atoms with van der Waals surface area (Å²) >= 11 is 0. The molecule has 7 heteroatoms. The summed E-state index contributed by atoms with van der Waals surface area (Å²) in [5.74, 6) is -3.86. The van der Waals surface area contributed by atoms with E-state index in [0.29, 0.717) is 16.9 Å². The average Bonchev–Trinajstić information content (AvgIpc) is 2.51. The van der Waals surface area contributed by atoms with Crippen LogP contribution in [-0.2, 0) is 11.8 Å². The van der Waals surface area contributed by atoms with Crippen molar-refractivity contribution >= 4 is 17.3 Å². The normalized spacial score (nSPS) is 16.3. The van der Waals surface area contributed by atoms with Crippen molar-refractivity contribution in [2.24, 2.45) is 13.0 Å². The smallest absolute Gasteiger partial charge is 0.253 e. The number of carbonyl (C=O) groups is 1. The molecule has 0 bridgehead atoms. The molecule has 1 fully saturated rings. The van der Waals surface area contributed by atoms with Gasteiger partial charge >= 0.3 is 0 Å². The molecule has 0 aliphatic heterocycles. The highest BCUT2D eigenvalue weighted by atomic mass is 19.3. The Balaban J connectivity index is 1.80. The second-order valence-electron chi connectivity index (χ2n) is 6.58. The van der Waals surface area contributed by atoms with Gasteiger partial charge in [-0.1, -0.05) is 6.07 Å². The molecular weight excluding hydrogens is 328 g/mol. The van der Waals surface area contributed by atoms with Gasteiger partial charge in [0.2, 0.25) is 11.8 Å². The SMILES string of the molecule is Cc1cc(-c2ccc(NC(=O)C3CC(F)(F)C3)c(N)c2)cn(C)c1=O. The fourth-order valence-electron chi connectivity index (χ4n) is 2.97.